The molecule has 74 valence electrons. The predicted octanol–water partition coefficient (Wildman–Crippen LogP) is 2.21. The molecule has 2 rings (SSSR count). The summed E-state index contributed by atoms with van der Waals surface area (Å²) >= 11 is 11.8. The summed E-state index contributed by atoms with van der Waals surface area (Å²) in [6.45, 7) is 0. The van der Waals surface area contributed by atoms with Crippen LogP contribution in [0.5, 0.6) is 0 Å². The number of anilines is 1. The molecule has 1 aromatic rings. The van der Waals surface area contributed by atoms with Gasteiger partial charge in [-0.3, -0.25) is 4.79 Å². The molecule has 1 atom stereocenters. The number of fused-ring (bicyclic) bond motifs is 1. The molecule has 1 amide bonds. The maximum absolute atomic E-state index is 11.5. The van der Waals surface area contributed by atoms with E-state index in [1.807, 2.05) is 0 Å². The lowest BCUT2D eigenvalue weighted by Gasteiger charge is -2.06. The molecule has 0 aliphatic carbocycles. The summed E-state index contributed by atoms with van der Waals surface area (Å²) in [5, 5.41) is 6.44. The molecule has 0 radical (unpaired) electrons. The first-order valence-corrected chi connectivity index (χ1v) is 4.86. The van der Waals surface area contributed by atoms with Crippen LogP contribution in [0.1, 0.15) is 11.6 Å². The van der Waals surface area contributed by atoms with Crippen LogP contribution in [0.2, 0.25) is 10.0 Å². The van der Waals surface area contributed by atoms with Crippen LogP contribution in [0.25, 0.3) is 0 Å². The minimum atomic E-state index is -0.334. The average Bonchev–Trinajstić information content (AvgIpc) is 2.49. The van der Waals surface area contributed by atoms with Gasteiger partial charge in [-0.25, -0.2) is 0 Å². The molecule has 0 bridgehead atoms. The van der Waals surface area contributed by atoms with E-state index < -0.39 is 0 Å². The zero-order valence-corrected chi connectivity index (χ0v) is 8.91. The number of carbonyl (C=O) groups excluding carboxylic acids is 1. The number of benzene rings is 1. The Labute approximate surface area is 91.4 Å². The highest BCUT2D eigenvalue weighted by atomic mass is 35.5. The Morgan fingerprint density at radius 3 is 2.79 bits per heavy atom. The number of nitrogens with one attached hydrogen (secondary N) is 2. The van der Waals surface area contributed by atoms with Gasteiger partial charge in [-0.1, -0.05) is 29.3 Å². The first-order valence-electron chi connectivity index (χ1n) is 4.11. The SMILES string of the molecule is CNC1C(=O)Nc2c1ccc(Cl)c2Cl. The van der Waals surface area contributed by atoms with Crippen molar-refractivity contribution in [2.24, 2.45) is 0 Å². The van der Waals surface area contributed by atoms with Crippen molar-refractivity contribution in [1.82, 2.24) is 5.32 Å². The molecule has 1 heterocycles. The van der Waals surface area contributed by atoms with Gasteiger partial charge in [0.25, 0.3) is 0 Å². The van der Waals surface area contributed by atoms with Gasteiger partial charge < -0.3 is 10.6 Å². The Morgan fingerprint density at radius 1 is 1.43 bits per heavy atom. The molecule has 1 aliphatic heterocycles. The second-order valence-corrected chi connectivity index (χ2v) is 3.82. The fraction of sp³-hybridized carbons (Fsp3) is 0.222. The van der Waals surface area contributed by atoms with Crippen molar-refractivity contribution >= 4 is 34.8 Å². The Morgan fingerprint density at radius 2 is 2.14 bits per heavy atom. The first-order chi connectivity index (χ1) is 6.65. The fourth-order valence-corrected chi connectivity index (χ4v) is 1.93. The fourth-order valence-electron chi connectivity index (χ4n) is 1.56. The smallest absolute Gasteiger partial charge is 0.246 e. The summed E-state index contributed by atoms with van der Waals surface area (Å²) in [4.78, 5) is 11.5. The van der Waals surface area contributed by atoms with E-state index in [1.165, 1.54) is 0 Å². The van der Waals surface area contributed by atoms with Crippen molar-refractivity contribution in [1.29, 1.82) is 0 Å². The number of likely N-dealkylation sites (N-methyl/N-ethyl adjacent to an activating group) is 1. The molecular weight excluding hydrogens is 223 g/mol. The third-order valence-corrected chi connectivity index (χ3v) is 3.04. The van der Waals surface area contributed by atoms with E-state index in [2.05, 4.69) is 10.6 Å². The molecule has 1 unspecified atom stereocenters. The summed E-state index contributed by atoms with van der Waals surface area (Å²) in [6.07, 6.45) is 0. The molecule has 0 aromatic heterocycles. The van der Waals surface area contributed by atoms with E-state index in [-0.39, 0.29) is 11.9 Å². The van der Waals surface area contributed by atoms with Gasteiger partial charge in [-0.2, -0.15) is 0 Å². The maximum Gasteiger partial charge on any atom is 0.246 e. The van der Waals surface area contributed by atoms with Crippen molar-refractivity contribution in [2.75, 3.05) is 12.4 Å². The molecular formula is C9H8Cl2N2O. The van der Waals surface area contributed by atoms with Gasteiger partial charge in [0.15, 0.2) is 0 Å². The molecule has 2 N–H and O–H groups in total. The summed E-state index contributed by atoms with van der Waals surface area (Å²) in [5.74, 6) is -0.105. The van der Waals surface area contributed by atoms with Crippen LogP contribution in [0.3, 0.4) is 0 Å². The lowest BCUT2D eigenvalue weighted by molar-refractivity contribution is -0.117. The molecule has 1 aliphatic rings. The Kier molecular flexibility index (Phi) is 2.39. The van der Waals surface area contributed by atoms with E-state index in [9.17, 15) is 4.79 Å². The van der Waals surface area contributed by atoms with Gasteiger partial charge in [0, 0.05) is 5.56 Å². The van der Waals surface area contributed by atoms with E-state index >= 15 is 0 Å². The molecule has 14 heavy (non-hydrogen) atoms. The minimum Gasteiger partial charge on any atom is -0.323 e. The number of rotatable bonds is 1. The topological polar surface area (TPSA) is 41.1 Å². The molecule has 5 heteroatoms. The second-order valence-electron chi connectivity index (χ2n) is 3.04. The Balaban J connectivity index is 2.57. The van der Waals surface area contributed by atoms with Crippen LogP contribution < -0.4 is 10.6 Å². The van der Waals surface area contributed by atoms with Crippen LogP contribution in [-0.2, 0) is 4.79 Å². The van der Waals surface area contributed by atoms with Gasteiger partial charge >= 0.3 is 0 Å². The maximum atomic E-state index is 11.5. The van der Waals surface area contributed by atoms with Crippen LogP contribution in [0.15, 0.2) is 12.1 Å². The van der Waals surface area contributed by atoms with Crippen molar-refractivity contribution in [3.8, 4) is 0 Å². The first kappa shape index (κ1) is 9.77. The van der Waals surface area contributed by atoms with Crippen LogP contribution >= 0.6 is 23.2 Å². The van der Waals surface area contributed by atoms with Gasteiger partial charge in [-0.05, 0) is 13.1 Å². The molecule has 0 spiro atoms. The summed E-state index contributed by atoms with van der Waals surface area (Å²) < 4.78 is 0. The van der Waals surface area contributed by atoms with Crippen molar-refractivity contribution in [2.45, 2.75) is 6.04 Å². The minimum absolute atomic E-state index is 0.105. The number of halogens is 2. The van der Waals surface area contributed by atoms with Gasteiger partial charge in [0.2, 0.25) is 5.91 Å². The monoisotopic (exact) mass is 230 g/mol. The summed E-state index contributed by atoms with van der Waals surface area (Å²) in [6, 6.07) is 3.15. The average molecular weight is 231 g/mol. The Hall–Kier alpha value is -0.770. The normalized spacial score (nSPS) is 19.4. The van der Waals surface area contributed by atoms with Gasteiger partial charge in [0.1, 0.15) is 6.04 Å². The third kappa shape index (κ3) is 1.29. The predicted molar refractivity (Wildman–Crippen MR) is 56.9 cm³/mol. The summed E-state index contributed by atoms with van der Waals surface area (Å²) in [5.41, 5.74) is 1.45. The van der Waals surface area contributed by atoms with Gasteiger partial charge in [0.05, 0.1) is 15.7 Å². The molecule has 1 aromatic carbocycles. The highest BCUT2D eigenvalue weighted by Crippen LogP contribution is 2.40. The zero-order chi connectivity index (χ0) is 10.3. The molecule has 0 saturated heterocycles. The highest BCUT2D eigenvalue weighted by molar-refractivity contribution is 6.44. The number of hydrogen-bond acceptors (Lipinski definition) is 2. The van der Waals surface area contributed by atoms with E-state index in [0.29, 0.717) is 15.7 Å². The lowest BCUT2D eigenvalue weighted by Crippen LogP contribution is -2.23. The largest absolute Gasteiger partial charge is 0.323 e. The third-order valence-electron chi connectivity index (χ3n) is 2.24. The van der Waals surface area contributed by atoms with Crippen molar-refractivity contribution in [3.05, 3.63) is 27.7 Å². The van der Waals surface area contributed by atoms with Gasteiger partial charge in [-0.15, -0.1) is 0 Å². The number of carbonyl (C=O) groups is 1. The summed E-state index contributed by atoms with van der Waals surface area (Å²) in [7, 11) is 1.72. The van der Waals surface area contributed by atoms with Crippen LogP contribution in [-0.4, -0.2) is 13.0 Å². The molecule has 0 saturated carbocycles. The van der Waals surface area contributed by atoms with E-state index in [1.54, 1.807) is 19.2 Å². The number of amides is 1. The van der Waals surface area contributed by atoms with Crippen LogP contribution in [0.4, 0.5) is 5.69 Å². The van der Waals surface area contributed by atoms with Crippen molar-refractivity contribution < 1.29 is 4.79 Å². The second kappa shape index (κ2) is 3.42. The van der Waals surface area contributed by atoms with Crippen molar-refractivity contribution in [3.63, 3.8) is 0 Å². The highest BCUT2D eigenvalue weighted by Gasteiger charge is 2.31. The van der Waals surface area contributed by atoms with Crippen LogP contribution in [0, 0.1) is 0 Å². The quantitative estimate of drug-likeness (QED) is 0.777. The zero-order valence-electron chi connectivity index (χ0n) is 7.40. The van der Waals surface area contributed by atoms with E-state index in [0.717, 1.165) is 5.56 Å². The lowest BCUT2D eigenvalue weighted by atomic mass is 10.1. The standard InChI is InChI=1S/C9H8Cl2N2O/c1-12-8-4-2-3-5(10)6(11)7(4)13-9(8)14/h2-3,8,12H,1H3,(H,13,14). The Bertz CT molecular complexity index is 406. The molecule has 3 nitrogen and oxygen atoms in total. The molecule has 0 fully saturated rings. The van der Waals surface area contributed by atoms with E-state index in [4.69, 9.17) is 23.2 Å². The number of hydrogen-bond donors (Lipinski definition) is 2.